The summed E-state index contributed by atoms with van der Waals surface area (Å²) in [7, 11) is 1.56. The summed E-state index contributed by atoms with van der Waals surface area (Å²) in [5.41, 5.74) is 3.51. The minimum Gasteiger partial charge on any atom is -0.497 e. The van der Waals surface area contributed by atoms with Gasteiger partial charge in [-0.05, 0) is 66.6 Å². The number of urea groups is 1. The van der Waals surface area contributed by atoms with Crippen LogP contribution in [0, 0.1) is 11.3 Å². The number of methoxy groups -OCH3 is 1. The lowest BCUT2D eigenvalue weighted by molar-refractivity contribution is 0.102. The molecule has 1 fully saturated rings. The summed E-state index contributed by atoms with van der Waals surface area (Å²) in [5, 5.41) is 11.8. The molecule has 4 rings (SSSR count). The molecule has 166 valence electrons. The Bertz CT molecular complexity index is 1180. The van der Waals surface area contributed by atoms with Crippen molar-refractivity contribution in [2.24, 2.45) is 0 Å². The fraction of sp³-hybridized carbons (Fsp3) is 0.192. The van der Waals surface area contributed by atoms with Gasteiger partial charge in [-0.2, -0.15) is 5.26 Å². The molecule has 1 aliphatic heterocycles. The van der Waals surface area contributed by atoms with E-state index in [1.807, 2.05) is 29.2 Å². The highest BCUT2D eigenvalue weighted by Crippen LogP contribution is 2.24. The molecule has 0 bridgehead atoms. The molecule has 7 heteroatoms. The molecule has 1 aliphatic rings. The Morgan fingerprint density at radius 3 is 2.52 bits per heavy atom. The van der Waals surface area contributed by atoms with E-state index in [9.17, 15) is 9.59 Å². The summed E-state index contributed by atoms with van der Waals surface area (Å²) >= 11 is 0. The van der Waals surface area contributed by atoms with Crippen LogP contribution in [0.2, 0.25) is 0 Å². The minimum atomic E-state index is -0.232. The normalized spacial score (nSPS) is 13.4. The third kappa shape index (κ3) is 5.13. The molecule has 0 unspecified atom stereocenters. The van der Waals surface area contributed by atoms with Crippen LogP contribution < -0.4 is 15.0 Å². The molecule has 0 aromatic heterocycles. The minimum absolute atomic E-state index is 0.0567. The van der Waals surface area contributed by atoms with Crippen LogP contribution in [0.5, 0.6) is 5.75 Å². The fourth-order valence-corrected chi connectivity index (χ4v) is 3.77. The van der Waals surface area contributed by atoms with Crippen molar-refractivity contribution in [2.45, 2.75) is 13.0 Å². The molecule has 0 radical (unpaired) electrons. The van der Waals surface area contributed by atoms with E-state index < -0.39 is 0 Å². The summed E-state index contributed by atoms with van der Waals surface area (Å²) < 4.78 is 5.17. The molecular formula is C26H24N4O3. The lowest BCUT2D eigenvalue weighted by Gasteiger charge is -2.35. The maximum absolute atomic E-state index is 13.1. The summed E-state index contributed by atoms with van der Waals surface area (Å²) in [6.07, 6.45) is 0.857. The van der Waals surface area contributed by atoms with Gasteiger partial charge in [0, 0.05) is 36.6 Å². The molecule has 0 aliphatic carbocycles. The predicted molar refractivity (Wildman–Crippen MR) is 126 cm³/mol. The van der Waals surface area contributed by atoms with Gasteiger partial charge >= 0.3 is 6.03 Å². The average molecular weight is 441 g/mol. The molecule has 0 spiro atoms. The van der Waals surface area contributed by atoms with Crippen LogP contribution in [0.15, 0.2) is 72.8 Å². The topological polar surface area (TPSA) is 85.7 Å². The van der Waals surface area contributed by atoms with Gasteiger partial charge in [-0.25, -0.2) is 4.79 Å². The van der Waals surface area contributed by atoms with E-state index >= 15 is 0 Å². The van der Waals surface area contributed by atoms with Crippen molar-refractivity contribution < 1.29 is 14.3 Å². The van der Waals surface area contributed by atoms with Crippen molar-refractivity contribution >= 4 is 23.3 Å². The van der Waals surface area contributed by atoms with Crippen molar-refractivity contribution in [3.05, 3.63) is 89.5 Å². The van der Waals surface area contributed by atoms with Gasteiger partial charge in [-0.15, -0.1) is 0 Å². The number of benzene rings is 3. The van der Waals surface area contributed by atoms with Crippen LogP contribution in [0.1, 0.15) is 27.9 Å². The number of nitrogens with one attached hydrogen (secondary N) is 1. The lowest BCUT2D eigenvalue weighted by atomic mass is 10.1. The second-order valence-corrected chi connectivity index (χ2v) is 7.75. The number of rotatable bonds is 6. The highest BCUT2D eigenvalue weighted by molar-refractivity contribution is 6.04. The van der Waals surface area contributed by atoms with Gasteiger partial charge in [0.25, 0.3) is 5.91 Å². The number of ether oxygens (including phenoxy) is 1. The van der Waals surface area contributed by atoms with Crippen LogP contribution in [0.25, 0.3) is 0 Å². The Morgan fingerprint density at radius 1 is 1.06 bits per heavy atom. The first-order valence-corrected chi connectivity index (χ1v) is 10.7. The standard InChI is InChI=1S/C26H24N4O3/c1-33-24-5-2-4-21(16-24)25(31)28-22-10-12-23(13-11-22)30-15-3-14-29(26(30)32)18-20-8-6-19(17-27)7-9-20/h2,4-13,16H,3,14-15,18H2,1H3,(H,28,31). The Hall–Kier alpha value is -4.31. The molecule has 0 saturated carbocycles. The smallest absolute Gasteiger partial charge is 0.324 e. The second-order valence-electron chi connectivity index (χ2n) is 7.75. The lowest BCUT2D eigenvalue weighted by Crippen LogP contribution is -2.49. The Labute approximate surface area is 192 Å². The number of carbonyl (C=O) groups excluding carboxylic acids is 2. The molecule has 3 amide bonds. The van der Waals surface area contributed by atoms with Gasteiger partial charge in [0.1, 0.15) is 5.75 Å². The highest BCUT2D eigenvalue weighted by Gasteiger charge is 2.26. The number of amides is 3. The molecule has 1 saturated heterocycles. The fourth-order valence-electron chi connectivity index (χ4n) is 3.77. The maximum Gasteiger partial charge on any atom is 0.324 e. The van der Waals surface area contributed by atoms with Crippen LogP contribution in [-0.4, -0.2) is 37.0 Å². The number of nitriles is 1. The number of anilines is 2. The summed E-state index contributed by atoms with van der Waals surface area (Å²) in [6.45, 7) is 1.82. The molecular weight excluding hydrogens is 416 g/mol. The van der Waals surface area contributed by atoms with E-state index in [0.717, 1.165) is 17.7 Å². The zero-order chi connectivity index (χ0) is 23.2. The second kappa shape index (κ2) is 9.88. The summed E-state index contributed by atoms with van der Waals surface area (Å²) in [4.78, 5) is 29.2. The SMILES string of the molecule is COc1cccc(C(=O)Nc2ccc(N3CCCN(Cc4ccc(C#N)cc4)C3=O)cc2)c1. The van der Waals surface area contributed by atoms with Gasteiger partial charge in [-0.3, -0.25) is 9.69 Å². The zero-order valence-corrected chi connectivity index (χ0v) is 18.3. The Morgan fingerprint density at radius 2 is 1.82 bits per heavy atom. The number of hydrogen-bond donors (Lipinski definition) is 1. The highest BCUT2D eigenvalue weighted by atomic mass is 16.5. The van der Waals surface area contributed by atoms with Gasteiger partial charge < -0.3 is 15.0 Å². The molecule has 0 atom stereocenters. The van der Waals surface area contributed by atoms with E-state index in [1.54, 1.807) is 60.5 Å². The molecule has 1 N–H and O–H groups in total. The van der Waals surface area contributed by atoms with Crippen molar-refractivity contribution in [3.63, 3.8) is 0 Å². The van der Waals surface area contributed by atoms with Crippen molar-refractivity contribution in [3.8, 4) is 11.8 Å². The molecule has 7 nitrogen and oxygen atoms in total. The van der Waals surface area contributed by atoms with Crippen LogP contribution in [0.3, 0.4) is 0 Å². The van der Waals surface area contributed by atoms with Crippen LogP contribution in [-0.2, 0) is 6.54 Å². The number of hydrogen-bond acceptors (Lipinski definition) is 4. The third-order valence-electron chi connectivity index (χ3n) is 5.54. The van der Waals surface area contributed by atoms with Crippen molar-refractivity contribution in [2.75, 3.05) is 30.4 Å². The maximum atomic E-state index is 13.1. The first-order chi connectivity index (χ1) is 16.1. The average Bonchev–Trinajstić information content (AvgIpc) is 2.86. The number of carbonyl (C=O) groups is 2. The van der Waals surface area contributed by atoms with E-state index in [4.69, 9.17) is 10.00 Å². The van der Waals surface area contributed by atoms with Gasteiger partial charge in [-0.1, -0.05) is 18.2 Å². The Balaban J connectivity index is 1.41. The monoisotopic (exact) mass is 440 g/mol. The largest absolute Gasteiger partial charge is 0.497 e. The zero-order valence-electron chi connectivity index (χ0n) is 18.3. The number of nitrogens with zero attached hydrogens (tertiary/aromatic N) is 3. The first kappa shape index (κ1) is 21.9. The predicted octanol–water partition coefficient (Wildman–Crippen LogP) is 4.65. The Kier molecular flexibility index (Phi) is 6.56. The van der Waals surface area contributed by atoms with Gasteiger partial charge in [0.05, 0.1) is 18.7 Å². The van der Waals surface area contributed by atoms with E-state index in [-0.39, 0.29) is 11.9 Å². The van der Waals surface area contributed by atoms with E-state index in [1.165, 1.54) is 0 Å². The first-order valence-electron chi connectivity index (χ1n) is 10.7. The van der Waals surface area contributed by atoms with Crippen LogP contribution in [0.4, 0.5) is 16.2 Å². The summed E-state index contributed by atoms with van der Waals surface area (Å²) in [5.74, 6) is 0.386. The van der Waals surface area contributed by atoms with E-state index in [0.29, 0.717) is 42.2 Å². The summed E-state index contributed by atoms with van der Waals surface area (Å²) in [6, 6.07) is 23.5. The van der Waals surface area contributed by atoms with Crippen LogP contribution >= 0.6 is 0 Å². The molecule has 1 heterocycles. The van der Waals surface area contributed by atoms with Gasteiger partial charge in [0.2, 0.25) is 0 Å². The van der Waals surface area contributed by atoms with Crippen molar-refractivity contribution in [1.29, 1.82) is 5.26 Å². The molecule has 33 heavy (non-hydrogen) atoms. The molecule has 3 aromatic rings. The van der Waals surface area contributed by atoms with Gasteiger partial charge in [0.15, 0.2) is 0 Å². The van der Waals surface area contributed by atoms with E-state index in [2.05, 4.69) is 11.4 Å². The third-order valence-corrected chi connectivity index (χ3v) is 5.54. The van der Waals surface area contributed by atoms with Crippen molar-refractivity contribution in [1.82, 2.24) is 4.90 Å². The molecule has 3 aromatic carbocycles. The quantitative estimate of drug-likeness (QED) is 0.605.